The second-order valence-corrected chi connectivity index (χ2v) is 9.56. The lowest BCUT2D eigenvalue weighted by molar-refractivity contribution is 0.220. The lowest BCUT2D eigenvalue weighted by atomic mass is 10.1. The number of rotatable bonds is 9. The van der Waals surface area contributed by atoms with E-state index >= 15 is 0 Å². The molecule has 2 N–H and O–H groups in total. The molecule has 0 aliphatic carbocycles. The van der Waals surface area contributed by atoms with E-state index in [4.69, 9.17) is 4.74 Å². The van der Waals surface area contributed by atoms with E-state index in [0.29, 0.717) is 26.1 Å². The Morgan fingerprint density at radius 1 is 0.970 bits per heavy atom. The van der Waals surface area contributed by atoms with E-state index in [0.717, 1.165) is 30.9 Å². The molecule has 0 atom stereocenters. The predicted octanol–water partition coefficient (Wildman–Crippen LogP) is 2.27. The Balaban J connectivity index is 1.26. The van der Waals surface area contributed by atoms with Crippen LogP contribution in [0.2, 0.25) is 0 Å². The molecular formula is C23H30N6O3S. The minimum absolute atomic E-state index is 0.221. The van der Waals surface area contributed by atoms with E-state index < -0.39 is 10.2 Å². The van der Waals surface area contributed by atoms with Crippen molar-refractivity contribution in [3.05, 3.63) is 59.9 Å². The maximum atomic E-state index is 11.9. The molecule has 0 saturated carbocycles. The third-order valence-corrected chi connectivity index (χ3v) is 6.37. The van der Waals surface area contributed by atoms with Gasteiger partial charge in [0.05, 0.1) is 13.2 Å². The average molecular weight is 471 g/mol. The number of pyridine rings is 1. The van der Waals surface area contributed by atoms with Gasteiger partial charge in [-0.25, -0.2) is 9.44 Å². The van der Waals surface area contributed by atoms with Crippen LogP contribution in [0.5, 0.6) is 5.75 Å². The Bertz CT molecular complexity index is 1080. The number of likely N-dealkylation sites (tertiary alicyclic amines) is 1. The fourth-order valence-electron chi connectivity index (χ4n) is 3.80. The van der Waals surface area contributed by atoms with Gasteiger partial charge in [-0.05, 0) is 61.3 Å². The zero-order chi connectivity index (χ0) is 22.9. The summed E-state index contributed by atoms with van der Waals surface area (Å²) in [6, 6.07) is 11.9. The Kier molecular flexibility index (Phi) is 7.90. The van der Waals surface area contributed by atoms with Crippen molar-refractivity contribution in [3.8, 4) is 5.75 Å². The van der Waals surface area contributed by atoms with Gasteiger partial charge in [-0.15, -0.1) is 0 Å². The van der Waals surface area contributed by atoms with Gasteiger partial charge in [0.15, 0.2) is 11.7 Å². The summed E-state index contributed by atoms with van der Waals surface area (Å²) in [7, 11) is -3.66. The molecule has 33 heavy (non-hydrogen) atoms. The summed E-state index contributed by atoms with van der Waals surface area (Å²) in [4.78, 5) is 15.2. The number of aromatic nitrogens is 1. The molecule has 4 rings (SSSR count). The molecule has 9 nitrogen and oxygen atoms in total. The van der Waals surface area contributed by atoms with E-state index in [1.165, 1.54) is 24.8 Å². The number of hydrogen-bond acceptors (Lipinski definition) is 7. The Morgan fingerprint density at radius 2 is 1.73 bits per heavy atom. The first-order valence-electron chi connectivity index (χ1n) is 11.3. The highest BCUT2D eigenvalue weighted by Crippen LogP contribution is 2.17. The molecule has 0 radical (unpaired) electrons. The fraction of sp³-hybridized carbons (Fsp3) is 0.435. The van der Waals surface area contributed by atoms with Crippen LogP contribution >= 0.6 is 0 Å². The molecule has 2 saturated heterocycles. The van der Waals surface area contributed by atoms with Crippen LogP contribution in [0.4, 0.5) is 0 Å². The van der Waals surface area contributed by atoms with E-state index in [1.54, 1.807) is 12.4 Å². The quantitative estimate of drug-likeness (QED) is 0.547. The molecule has 2 aromatic rings. The molecule has 10 heteroatoms. The largest absolute Gasteiger partial charge is 0.494 e. The van der Waals surface area contributed by atoms with Gasteiger partial charge in [0, 0.05) is 31.9 Å². The van der Waals surface area contributed by atoms with E-state index in [-0.39, 0.29) is 11.7 Å². The van der Waals surface area contributed by atoms with Crippen molar-refractivity contribution >= 4 is 21.9 Å². The lowest BCUT2D eigenvalue weighted by Crippen LogP contribution is -2.29. The highest BCUT2D eigenvalue weighted by molar-refractivity contribution is 7.89. The SMILES string of the molecule is O=S1(=O)NC(=NCCCOc2cccc(CN3CCCCC3)c2)C(=NCc2ccncc2)N1. The van der Waals surface area contributed by atoms with Crippen LogP contribution in [-0.4, -0.2) is 56.2 Å². The minimum atomic E-state index is -3.66. The molecule has 176 valence electrons. The number of nitrogens with one attached hydrogen (secondary N) is 2. The maximum absolute atomic E-state index is 11.9. The van der Waals surface area contributed by atoms with Gasteiger partial charge in [-0.1, -0.05) is 18.6 Å². The van der Waals surface area contributed by atoms with Gasteiger partial charge in [0.2, 0.25) is 0 Å². The molecule has 1 aromatic carbocycles. The van der Waals surface area contributed by atoms with Gasteiger partial charge in [0.25, 0.3) is 0 Å². The van der Waals surface area contributed by atoms with Crippen molar-refractivity contribution in [2.75, 3.05) is 26.2 Å². The second-order valence-electron chi connectivity index (χ2n) is 8.14. The summed E-state index contributed by atoms with van der Waals surface area (Å²) in [5, 5.41) is 0. The highest BCUT2D eigenvalue weighted by atomic mass is 32.2. The van der Waals surface area contributed by atoms with Gasteiger partial charge in [-0.3, -0.25) is 19.9 Å². The first-order chi connectivity index (χ1) is 16.1. The number of benzene rings is 1. The highest BCUT2D eigenvalue weighted by Gasteiger charge is 2.28. The first kappa shape index (κ1) is 23.2. The van der Waals surface area contributed by atoms with Crippen LogP contribution in [0.25, 0.3) is 0 Å². The number of ether oxygens (including phenoxy) is 1. The van der Waals surface area contributed by atoms with Crippen LogP contribution < -0.4 is 14.2 Å². The Hall–Kier alpha value is -2.98. The molecule has 0 unspecified atom stereocenters. The molecule has 3 heterocycles. The predicted molar refractivity (Wildman–Crippen MR) is 129 cm³/mol. The van der Waals surface area contributed by atoms with Gasteiger partial charge < -0.3 is 4.74 Å². The van der Waals surface area contributed by atoms with E-state index in [9.17, 15) is 8.42 Å². The summed E-state index contributed by atoms with van der Waals surface area (Å²) in [6.07, 6.45) is 7.88. The second kappa shape index (κ2) is 11.2. The molecule has 1 aromatic heterocycles. The number of amidine groups is 2. The molecule has 2 aliphatic heterocycles. The van der Waals surface area contributed by atoms with Crippen molar-refractivity contribution < 1.29 is 13.2 Å². The molecule has 0 bridgehead atoms. The average Bonchev–Trinajstić information content (AvgIpc) is 3.12. The van der Waals surface area contributed by atoms with Crippen LogP contribution in [0.15, 0.2) is 58.8 Å². The smallest absolute Gasteiger partial charge is 0.324 e. The number of hydrogen-bond donors (Lipinski definition) is 2. The van der Waals surface area contributed by atoms with Crippen LogP contribution in [0.1, 0.15) is 36.8 Å². The number of nitrogens with zero attached hydrogens (tertiary/aromatic N) is 4. The molecule has 2 fully saturated rings. The maximum Gasteiger partial charge on any atom is 0.324 e. The first-order valence-corrected chi connectivity index (χ1v) is 12.8. The van der Waals surface area contributed by atoms with Crippen LogP contribution in [0.3, 0.4) is 0 Å². The summed E-state index contributed by atoms with van der Waals surface area (Å²) < 4.78 is 34.5. The molecule has 2 aliphatic rings. The topological polar surface area (TPSA) is 108 Å². The fourth-order valence-corrected chi connectivity index (χ4v) is 4.69. The summed E-state index contributed by atoms with van der Waals surface area (Å²) in [6.45, 7) is 4.53. The summed E-state index contributed by atoms with van der Waals surface area (Å²) >= 11 is 0. The van der Waals surface area contributed by atoms with Crippen LogP contribution in [0, 0.1) is 0 Å². The molecule has 0 amide bonds. The Labute approximate surface area is 195 Å². The van der Waals surface area contributed by atoms with Crippen molar-refractivity contribution in [3.63, 3.8) is 0 Å². The normalized spacial score (nSPS) is 20.5. The zero-order valence-corrected chi connectivity index (χ0v) is 19.4. The molecule has 0 spiro atoms. The number of aliphatic imine (C=N–C) groups is 2. The van der Waals surface area contributed by atoms with Crippen molar-refractivity contribution in [2.24, 2.45) is 9.98 Å². The third kappa shape index (κ3) is 7.26. The number of piperidine rings is 1. The van der Waals surface area contributed by atoms with Crippen molar-refractivity contribution in [1.29, 1.82) is 0 Å². The summed E-state index contributed by atoms with van der Waals surface area (Å²) in [5.41, 5.74) is 2.19. The third-order valence-electron chi connectivity index (χ3n) is 5.45. The van der Waals surface area contributed by atoms with Gasteiger partial charge in [-0.2, -0.15) is 8.42 Å². The standard InChI is InChI=1S/C23H30N6O3S/c30-33(31)27-22(23(28-33)26-17-19-8-11-24-12-9-19)25-10-5-15-32-21-7-4-6-20(16-21)18-29-13-2-1-3-14-29/h4,6-9,11-12,16H,1-3,5,10,13-15,17-18H2,(H,25,27)(H,26,28). The monoisotopic (exact) mass is 470 g/mol. The van der Waals surface area contributed by atoms with Crippen molar-refractivity contribution in [2.45, 2.75) is 38.8 Å². The summed E-state index contributed by atoms with van der Waals surface area (Å²) in [5.74, 6) is 1.30. The molecular weight excluding hydrogens is 440 g/mol. The minimum Gasteiger partial charge on any atom is -0.494 e. The van der Waals surface area contributed by atoms with Gasteiger partial charge in [0.1, 0.15) is 5.75 Å². The van der Waals surface area contributed by atoms with Crippen LogP contribution in [-0.2, 0) is 23.3 Å². The van der Waals surface area contributed by atoms with E-state index in [2.05, 4.69) is 41.4 Å². The van der Waals surface area contributed by atoms with Gasteiger partial charge >= 0.3 is 10.2 Å². The zero-order valence-electron chi connectivity index (χ0n) is 18.6. The van der Waals surface area contributed by atoms with Crippen molar-refractivity contribution in [1.82, 2.24) is 19.3 Å². The van der Waals surface area contributed by atoms with E-state index in [1.807, 2.05) is 24.3 Å². The Morgan fingerprint density at radius 3 is 2.52 bits per heavy atom. The lowest BCUT2D eigenvalue weighted by Gasteiger charge is -2.26.